The van der Waals surface area contributed by atoms with Gasteiger partial charge in [0.15, 0.2) is 0 Å². The molecule has 37 heavy (non-hydrogen) atoms. The Morgan fingerprint density at radius 3 is 2.51 bits per heavy atom. The number of hydrogen-bond acceptors (Lipinski definition) is 4. The van der Waals surface area contributed by atoms with Crippen LogP contribution in [-0.2, 0) is 11.3 Å². The van der Waals surface area contributed by atoms with E-state index in [9.17, 15) is 14.0 Å². The summed E-state index contributed by atoms with van der Waals surface area (Å²) in [5, 5.41) is 3.02. The van der Waals surface area contributed by atoms with Gasteiger partial charge in [0.05, 0.1) is 17.1 Å². The summed E-state index contributed by atoms with van der Waals surface area (Å²) in [6.07, 6.45) is 5.31. The quantitative estimate of drug-likeness (QED) is 0.308. The number of thioether (sulfide) groups is 1. The smallest absolute Gasteiger partial charge is 0.265 e. The summed E-state index contributed by atoms with van der Waals surface area (Å²) in [7, 11) is 0. The van der Waals surface area contributed by atoms with Crippen molar-refractivity contribution in [2.45, 2.75) is 30.7 Å². The average molecular weight is 516 g/mol. The fourth-order valence-corrected chi connectivity index (χ4v) is 5.73. The van der Waals surface area contributed by atoms with Crippen LogP contribution in [0.2, 0.25) is 0 Å². The van der Waals surface area contributed by atoms with Crippen LogP contribution in [0.15, 0.2) is 82.6 Å². The minimum absolute atomic E-state index is 0.144. The molecule has 2 amide bonds. The van der Waals surface area contributed by atoms with Crippen LogP contribution in [0.5, 0.6) is 0 Å². The van der Waals surface area contributed by atoms with Gasteiger partial charge in [0.1, 0.15) is 5.82 Å². The Kier molecular flexibility index (Phi) is 8.02. The number of nitrogens with one attached hydrogen (secondary N) is 1. The lowest BCUT2D eigenvalue weighted by Gasteiger charge is -2.31. The van der Waals surface area contributed by atoms with E-state index in [1.54, 1.807) is 23.1 Å². The van der Waals surface area contributed by atoms with Crippen molar-refractivity contribution in [3.05, 3.63) is 100 Å². The monoisotopic (exact) mass is 515 g/mol. The zero-order valence-electron chi connectivity index (χ0n) is 20.7. The number of anilines is 1. The molecule has 1 saturated heterocycles. The van der Waals surface area contributed by atoms with Crippen LogP contribution in [0.3, 0.4) is 0 Å². The fraction of sp³-hybridized carbons (Fsp3) is 0.267. The van der Waals surface area contributed by atoms with E-state index in [0.717, 1.165) is 42.1 Å². The summed E-state index contributed by atoms with van der Waals surface area (Å²) in [4.78, 5) is 32.2. The van der Waals surface area contributed by atoms with E-state index in [2.05, 4.69) is 10.2 Å². The molecule has 0 saturated carbocycles. The molecule has 0 unspecified atom stereocenters. The molecule has 2 aliphatic heterocycles. The van der Waals surface area contributed by atoms with Crippen molar-refractivity contribution in [1.82, 2.24) is 10.2 Å². The number of nitrogens with zero attached hydrogens (tertiary/aromatic N) is 2. The third kappa shape index (κ3) is 6.29. The van der Waals surface area contributed by atoms with Gasteiger partial charge in [0.2, 0.25) is 0 Å². The van der Waals surface area contributed by atoms with Gasteiger partial charge in [-0.1, -0.05) is 54.2 Å². The van der Waals surface area contributed by atoms with Crippen molar-refractivity contribution in [1.29, 1.82) is 0 Å². The largest absolute Gasteiger partial charge is 0.352 e. The van der Waals surface area contributed by atoms with Crippen LogP contribution < -0.4 is 10.2 Å². The second-order valence-corrected chi connectivity index (χ2v) is 10.5. The highest BCUT2D eigenvalue weighted by atomic mass is 32.2. The molecular weight excluding hydrogens is 485 g/mol. The molecular formula is C30H30FN3O2S. The number of halogens is 1. The molecule has 0 aliphatic carbocycles. The second-order valence-electron chi connectivity index (χ2n) is 9.38. The number of benzene rings is 3. The van der Waals surface area contributed by atoms with Gasteiger partial charge < -0.3 is 15.1 Å². The number of rotatable bonds is 8. The maximum atomic E-state index is 13.6. The Bertz CT molecular complexity index is 1290. The summed E-state index contributed by atoms with van der Waals surface area (Å²) in [6, 6.07) is 21.4. The molecule has 0 bridgehead atoms. The van der Waals surface area contributed by atoms with Crippen LogP contribution in [0, 0.1) is 5.82 Å². The highest BCUT2D eigenvalue weighted by Crippen LogP contribution is 2.43. The Morgan fingerprint density at radius 2 is 1.76 bits per heavy atom. The van der Waals surface area contributed by atoms with Crippen molar-refractivity contribution in [3.8, 4) is 0 Å². The molecule has 0 spiro atoms. The Labute approximate surface area is 221 Å². The Morgan fingerprint density at radius 1 is 1.00 bits per heavy atom. The maximum absolute atomic E-state index is 13.6. The highest BCUT2D eigenvalue weighted by molar-refractivity contribution is 8.04. The molecule has 5 rings (SSSR count). The first-order valence-electron chi connectivity index (χ1n) is 12.7. The van der Waals surface area contributed by atoms with Crippen molar-refractivity contribution in [2.75, 3.05) is 31.1 Å². The SMILES string of the molecule is O=C(NCCCN1CCCC1)c1ccc2c(c1)N(Cc1ccc(F)cc1)C(=O)C(=Cc1ccccc1)S2. The number of fused-ring (bicyclic) bond motifs is 1. The highest BCUT2D eigenvalue weighted by Gasteiger charge is 2.30. The van der Waals surface area contributed by atoms with Crippen LogP contribution >= 0.6 is 11.8 Å². The summed E-state index contributed by atoms with van der Waals surface area (Å²) in [5.41, 5.74) is 2.96. The van der Waals surface area contributed by atoms with E-state index in [1.807, 2.05) is 48.5 Å². The lowest BCUT2D eigenvalue weighted by atomic mass is 10.1. The molecule has 190 valence electrons. The van der Waals surface area contributed by atoms with Crippen LogP contribution in [-0.4, -0.2) is 42.9 Å². The van der Waals surface area contributed by atoms with E-state index in [0.29, 0.717) is 22.7 Å². The summed E-state index contributed by atoms with van der Waals surface area (Å²) >= 11 is 1.41. The number of likely N-dealkylation sites (tertiary alicyclic amines) is 1. The molecule has 2 aliphatic rings. The molecule has 2 heterocycles. The van der Waals surface area contributed by atoms with E-state index >= 15 is 0 Å². The zero-order chi connectivity index (χ0) is 25.6. The zero-order valence-corrected chi connectivity index (χ0v) is 21.5. The van der Waals surface area contributed by atoms with Gasteiger partial charge in [-0.15, -0.1) is 0 Å². The first-order valence-corrected chi connectivity index (χ1v) is 13.5. The predicted molar refractivity (Wildman–Crippen MR) is 147 cm³/mol. The molecule has 0 atom stereocenters. The molecule has 7 heteroatoms. The topological polar surface area (TPSA) is 52.7 Å². The van der Waals surface area contributed by atoms with Crippen molar-refractivity contribution >= 4 is 35.3 Å². The molecule has 1 fully saturated rings. The minimum atomic E-state index is -0.321. The van der Waals surface area contributed by atoms with E-state index < -0.39 is 0 Å². The predicted octanol–water partition coefficient (Wildman–Crippen LogP) is 5.72. The average Bonchev–Trinajstić information content (AvgIpc) is 3.44. The Hall–Kier alpha value is -3.42. The van der Waals surface area contributed by atoms with E-state index in [1.165, 1.54) is 36.7 Å². The molecule has 3 aromatic carbocycles. The fourth-order valence-electron chi connectivity index (χ4n) is 4.69. The van der Waals surface area contributed by atoms with Gasteiger partial charge in [-0.25, -0.2) is 4.39 Å². The molecule has 3 aromatic rings. The van der Waals surface area contributed by atoms with Crippen LogP contribution in [0.4, 0.5) is 10.1 Å². The lowest BCUT2D eigenvalue weighted by molar-refractivity contribution is -0.114. The molecule has 5 nitrogen and oxygen atoms in total. The van der Waals surface area contributed by atoms with Crippen molar-refractivity contribution in [3.63, 3.8) is 0 Å². The van der Waals surface area contributed by atoms with Crippen LogP contribution in [0.25, 0.3) is 6.08 Å². The van der Waals surface area contributed by atoms with Gasteiger partial charge in [-0.2, -0.15) is 0 Å². The summed E-state index contributed by atoms with van der Waals surface area (Å²) < 4.78 is 13.5. The molecule has 1 N–H and O–H groups in total. The Balaban J connectivity index is 1.37. The third-order valence-corrected chi connectivity index (χ3v) is 7.75. The maximum Gasteiger partial charge on any atom is 0.265 e. The first-order chi connectivity index (χ1) is 18.1. The van der Waals surface area contributed by atoms with Crippen LogP contribution in [0.1, 0.15) is 40.7 Å². The molecule has 0 radical (unpaired) electrons. The van der Waals surface area contributed by atoms with E-state index in [4.69, 9.17) is 0 Å². The second kappa shape index (κ2) is 11.8. The standard InChI is InChI=1S/C30H30FN3O2S/c31-25-12-9-23(10-13-25)21-34-26-20-24(29(35)32-15-6-18-33-16-4-5-17-33)11-14-27(26)37-28(30(34)36)19-22-7-2-1-3-8-22/h1-3,7-14,19-20H,4-6,15-18,21H2,(H,32,35). The summed E-state index contributed by atoms with van der Waals surface area (Å²) in [5.74, 6) is -0.610. The van der Waals surface area contributed by atoms with Gasteiger partial charge in [-0.3, -0.25) is 9.59 Å². The molecule has 0 aromatic heterocycles. The number of carbonyl (C=O) groups excluding carboxylic acids is 2. The number of hydrogen-bond donors (Lipinski definition) is 1. The number of amides is 2. The van der Waals surface area contributed by atoms with Gasteiger partial charge in [0, 0.05) is 17.0 Å². The van der Waals surface area contributed by atoms with Crippen molar-refractivity contribution in [2.24, 2.45) is 0 Å². The van der Waals surface area contributed by atoms with Gasteiger partial charge in [0.25, 0.3) is 11.8 Å². The lowest BCUT2D eigenvalue weighted by Crippen LogP contribution is -2.34. The normalized spacial score (nSPS) is 16.7. The third-order valence-electron chi connectivity index (χ3n) is 6.67. The van der Waals surface area contributed by atoms with Gasteiger partial charge >= 0.3 is 0 Å². The summed E-state index contributed by atoms with van der Waals surface area (Å²) in [6.45, 7) is 4.19. The number of carbonyl (C=O) groups is 2. The van der Waals surface area contributed by atoms with E-state index in [-0.39, 0.29) is 24.2 Å². The van der Waals surface area contributed by atoms with Crippen molar-refractivity contribution < 1.29 is 14.0 Å². The minimum Gasteiger partial charge on any atom is -0.352 e. The first kappa shape index (κ1) is 25.2. The van der Waals surface area contributed by atoms with Gasteiger partial charge in [-0.05, 0) is 86.4 Å².